The first-order chi connectivity index (χ1) is 9.95. The number of carbonyl (C=O) groups is 1. The molecule has 112 valence electrons. The van der Waals surface area contributed by atoms with Crippen molar-refractivity contribution in [2.45, 2.75) is 37.8 Å². The number of benzene rings is 1. The van der Waals surface area contributed by atoms with Crippen molar-refractivity contribution in [3.63, 3.8) is 0 Å². The van der Waals surface area contributed by atoms with E-state index < -0.39 is 0 Å². The Morgan fingerprint density at radius 3 is 2.67 bits per heavy atom. The lowest BCUT2D eigenvalue weighted by Crippen LogP contribution is -2.17. The van der Waals surface area contributed by atoms with Crippen molar-refractivity contribution in [2.24, 2.45) is 5.92 Å². The summed E-state index contributed by atoms with van der Waals surface area (Å²) in [6.07, 6.45) is 0. The summed E-state index contributed by atoms with van der Waals surface area (Å²) < 4.78 is 5.49. The van der Waals surface area contributed by atoms with E-state index in [1.807, 2.05) is 24.3 Å². The average molecular weight is 305 g/mol. The van der Waals surface area contributed by atoms with Gasteiger partial charge in [0.2, 0.25) is 11.8 Å². The second-order valence-corrected chi connectivity index (χ2v) is 6.90. The fourth-order valence-corrected chi connectivity index (χ4v) is 2.51. The number of rotatable bonds is 5. The van der Waals surface area contributed by atoms with Crippen LogP contribution in [0.1, 0.15) is 27.7 Å². The van der Waals surface area contributed by atoms with Crippen molar-refractivity contribution in [2.75, 3.05) is 5.32 Å². The predicted octanol–water partition coefficient (Wildman–Crippen LogP) is 3.83. The van der Waals surface area contributed by atoms with Gasteiger partial charge in [0.1, 0.15) is 0 Å². The molecule has 1 amide bonds. The summed E-state index contributed by atoms with van der Waals surface area (Å²) in [6.45, 7) is 7.89. The molecule has 0 atom stereocenters. The minimum Gasteiger partial charge on any atom is -0.403 e. The van der Waals surface area contributed by atoms with Crippen LogP contribution in [0, 0.1) is 5.92 Å². The van der Waals surface area contributed by atoms with E-state index in [1.54, 1.807) is 25.6 Å². The number of carbonyl (C=O) groups excluding carboxylic acids is 1. The van der Waals surface area contributed by atoms with Gasteiger partial charge >= 0.3 is 6.01 Å². The molecule has 1 heterocycles. The van der Waals surface area contributed by atoms with Gasteiger partial charge in [-0.2, -0.15) is 0 Å². The quantitative estimate of drug-likeness (QED) is 0.850. The van der Waals surface area contributed by atoms with E-state index >= 15 is 0 Å². The molecule has 0 radical (unpaired) electrons. The Kier molecular flexibility index (Phi) is 5.01. The largest absolute Gasteiger partial charge is 0.403 e. The smallest absolute Gasteiger partial charge is 0.322 e. The van der Waals surface area contributed by atoms with Crippen LogP contribution < -0.4 is 5.32 Å². The van der Waals surface area contributed by atoms with Gasteiger partial charge in [-0.1, -0.05) is 38.9 Å². The molecule has 0 bridgehead atoms. The minimum absolute atomic E-state index is 0.130. The number of amides is 1. The number of hydrogen-bond donors (Lipinski definition) is 1. The first-order valence-corrected chi connectivity index (χ1v) is 7.75. The number of anilines is 1. The van der Waals surface area contributed by atoms with Gasteiger partial charge < -0.3 is 4.42 Å². The van der Waals surface area contributed by atoms with Crippen LogP contribution in [0.25, 0.3) is 11.5 Å². The molecular weight excluding hydrogens is 286 g/mol. The fourth-order valence-electron chi connectivity index (χ4n) is 1.61. The second-order valence-electron chi connectivity index (χ2n) is 5.25. The lowest BCUT2D eigenvalue weighted by atomic mass is 10.2. The number of hydrogen-bond acceptors (Lipinski definition) is 5. The molecular formula is C15H19N3O2S. The molecule has 21 heavy (non-hydrogen) atoms. The molecule has 0 saturated carbocycles. The van der Waals surface area contributed by atoms with E-state index in [4.69, 9.17) is 4.42 Å². The second kappa shape index (κ2) is 6.76. The van der Waals surface area contributed by atoms with E-state index in [2.05, 4.69) is 29.4 Å². The van der Waals surface area contributed by atoms with Crippen LogP contribution in [-0.2, 0) is 4.79 Å². The monoisotopic (exact) mass is 305 g/mol. The summed E-state index contributed by atoms with van der Waals surface area (Å²) in [6, 6.07) is 8.05. The van der Waals surface area contributed by atoms with E-state index in [0.29, 0.717) is 11.1 Å². The molecule has 0 spiro atoms. The van der Waals surface area contributed by atoms with Crippen molar-refractivity contribution in [3.8, 4) is 11.5 Å². The maximum Gasteiger partial charge on any atom is 0.322 e. The lowest BCUT2D eigenvalue weighted by molar-refractivity contribution is -0.119. The van der Waals surface area contributed by atoms with E-state index in [9.17, 15) is 4.79 Å². The van der Waals surface area contributed by atoms with Gasteiger partial charge in [-0.15, -0.1) is 16.9 Å². The summed E-state index contributed by atoms with van der Waals surface area (Å²) in [5, 5.41) is 10.9. The Balaban J connectivity index is 2.15. The lowest BCUT2D eigenvalue weighted by Gasteiger charge is -2.05. The number of nitrogens with one attached hydrogen (secondary N) is 1. The van der Waals surface area contributed by atoms with E-state index in [0.717, 1.165) is 10.5 Å². The van der Waals surface area contributed by atoms with Gasteiger partial charge in [0.25, 0.3) is 0 Å². The van der Waals surface area contributed by atoms with Crippen LogP contribution in [0.2, 0.25) is 0 Å². The summed E-state index contributed by atoms with van der Waals surface area (Å²) in [7, 11) is 0. The van der Waals surface area contributed by atoms with Crippen molar-refractivity contribution in [3.05, 3.63) is 24.3 Å². The Morgan fingerprint density at radius 2 is 2.00 bits per heavy atom. The highest BCUT2D eigenvalue weighted by Gasteiger charge is 2.13. The Morgan fingerprint density at radius 1 is 1.24 bits per heavy atom. The van der Waals surface area contributed by atoms with Gasteiger partial charge in [0.15, 0.2) is 0 Å². The molecule has 1 aromatic heterocycles. The maximum absolute atomic E-state index is 11.6. The standard InChI is InChI=1S/C15H19N3O2S/c1-9(2)13(19)16-15-18-17-14(20-15)11-6-5-7-12(8-11)21-10(3)4/h5-10H,1-4H3,(H,16,18,19). The molecule has 5 nitrogen and oxygen atoms in total. The van der Waals surface area contributed by atoms with Crippen LogP contribution >= 0.6 is 11.8 Å². The molecule has 0 aliphatic rings. The number of nitrogens with zero attached hydrogens (tertiary/aromatic N) is 2. The highest BCUT2D eigenvalue weighted by Crippen LogP contribution is 2.28. The van der Waals surface area contributed by atoms with Gasteiger partial charge in [-0.05, 0) is 18.2 Å². The number of aromatic nitrogens is 2. The van der Waals surface area contributed by atoms with Crippen LogP contribution in [-0.4, -0.2) is 21.4 Å². The molecule has 0 fully saturated rings. The first kappa shape index (κ1) is 15.6. The maximum atomic E-state index is 11.6. The summed E-state index contributed by atoms with van der Waals surface area (Å²) in [5.74, 6) is 0.126. The van der Waals surface area contributed by atoms with Gasteiger partial charge in [0.05, 0.1) is 0 Å². The third kappa shape index (κ3) is 4.32. The average Bonchev–Trinajstić information content (AvgIpc) is 2.86. The number of thioether (sulfide) groups is 1. The van der Waals surface area contributed by atoms with E-state index in [-0.39, 0.29) is 17.8 Å². The molecule has 2 rings (SSSR count). The van der Waals surface area contributed by atoms with Crippen LogP contribution in [0.4, 0.5) is 6.01 Å². The van der Waals surface area contributed by atoms with Crippen LogP contribution in [0.5, 0.6) is 0 Å². The van der Waals surface area contributed by atoms with Crippen molar-refractivity contribution in [1.82, 2.24) is 10.2 Å². The summed E-state index contributed by atoms with van der Waals surface area (Å²) in [5.41, 5.74) is 0.846. The molecule has 2 aromatic rings. The summed E-state index contributed by atoms with van der Waals surface area (Å²) >= 11 is 1.77. The van der Waals surface area contributed by atoms with Crippen LogP contribution in [0.3, 0.4) is 0 Å². The Labute approximate surface area is 128 Å². The molecule has 6 heteroatoms. The first-order valence-electron chi connectivity index (χ1n) is 6.87. The molecule has 0 aliphatic carbocycles. The zero-order valence-electron chi connectivity index (χ0n) is 12.6. The third-order valence-electron chi connectivity index (χ3n) is 2.63. The molecule has 1 N–H and O–H groups in total. The van der Waals surface area contributed by atoms with E-state index in [1.165, 1.54) is 0 Å². The van der Waals surface area contributed by atoms with Gasteiger partial charge in [0, 0.05) is 21.6 Å². The fraction of sp³-hybridized carbons (Fsp3) is 0.400. The Hall–Kier alpha value is -1.82. The van der Waals surface area contributed by atoms with Gasteiger partial charge in [-0.3, -0.25) is 10.1 Å². The molecule has 0 unspecified atom stereocenters. The van der Waals surface area contributed by atoms with Crippen LogP contribution in [0.15, 0.2) is 33.6 Å². The SMILES string of the molecule is CC(C)Sc1cccc(-c2nnc(NC(=O)C(C)C)o2)c1. The molecule has 1 aromatic carbocycles. The summed E-state index contributed by atoms with van der Waals surface area (Å²) in [4.78, 5) is 12.7. The minimum atomic E-state index is -0.144. The van der Waals surface area contributed by atoms with Crippen molar-refractivity contribution < 1.29 is 9.21 Å². The highest BCUT2D eigenvalue weighted by molar-refractivity contribution is 7.99. The Bertz CT molecular complexity index is 623. The molecule has 0 aliphatic heterocycles. The highest BCUT2D eigenvalue weighted by atomic mass is 32.2. The normalized spacial score (nSPS) is 11.1. The topological polar surface area (TPSA) is 68.0 Å². The zero-order chi connectivity index (χ0) is 15.4. The van der Waals surface area contributed by atoms with Gasteiger partial charge in [-0.25, -0.2) is 0 Å². The zero-order valence-corrected chi connectivity index (χ0v) is 13.4. The third-order valence-corrected chi connectivity index (χ3v) is 3.63. The molecule has 0 saturated heterocycles. The predicted molar refractivity (Wildman–Crippen MR) is 84.2 cm³/mol. The van der Waals surface area contributed by atoms with Crippen molar-refractivity contribution in [1.29, 1.82) is 0 Å². The van der Waals surface area contributed by atoms with Crippen molar-refractivity contribution >= 4 is 23.7 Å².